The van der Waals surface area contributed by atoms with Gasteiger partial charge in [0, 0.05) is 18.2 Å². The molecule has 1 aliphatic rings. The van der Waals surface area contributed by atoms with E-state index in [9.17, 15) is 4.79 Å². The zero-order chi connectivity index (χ0) is 18.5. The third-order valence-electron chi connectivity index (χ3n) is 5.86. The van der Waals surface area contributed by atoms with Gasteiger partial charge in [-0.2, -0.15) is 0 Å². The predicted octanol–water partition coefficient (Wildman–Crippen LogP) is 5.79. The first-order valence-corrected chi connectivity index (χ1v) is 9.96. The van der Waals surface area contributed by atoms with Crippen LogP contribution < -0.4 is 0 Å². The molecule has 3 atom stereocenters. The molecular weight excluding hydrogens is 318 g/mol. The van der Waals surface area contributed by atoms with Gasteiger partial charge in [-0.3, -0.25) is 4.79 Å². The molecule has 2 aromatic carbocycles. The highest BCUT2D eigenvalue weighted by Crippen LogP contribution is 2.37. The van der Waals surface area contributed by atoms with E-state index >= 15 is 0 Å². The summed E-state index contributed by atoms with van der Waals surface area (Å²) in [4.78, 5) is 15.6. The Morgan fingerprint density at radius 3 is 2.23 bits per heavy atom. The van der Waals surface area contributed by atoms with Gasteiger partial charge in [0.1, 0.15) is 0 Å². The van der Waals surface area contributed by atoms with Gasteiger partial charge in [-0.1, -0.05) is 75.7 Å². The molecule has 138 valence electrons. The van der Waals surface area contributed by atoms with E-state index < -0.39 is 0 Å². The molecule has 0 bridgehead atoms. The summed E-state index contributed by atoms with van der Waals surface area (Å²) in [6, 6.07) is 20.5. The molecule has 1 fully saturated rings. The summed E-state index contributed by atoms with van der Waals surface area (Å²) in [5.41, 5.74) is 2.00. The van der Waals surface area contributed by atoms with Crippen LogP contribution in [0, 0.1) is 17.8 Å². The lowest BCUT2D eigenvalue weighted by atomic mass is 9.73. The number of carbonyl (C=O) groups is 1. The van der Waals surface area contributed by atoms with Crippen molar-refractivity contribution in [2.45, 2.75) is 52.6 Å². The Kier molecular flexibility index (Phi) is 6.13. The van der Waals surface area contributed by atoms with Crippen LogP contribution in [0.3, 0.4) is 0 Å². The first-order valence-electron chi connectivity index (χ1n) is 9.96. The Morgan fingerprint density at radius 2 is 1.62 bits per heavy atom. The lowest BCUT2D eigenvalue weighted by Gasteiger charge is -2.44. The predicted molar refractivity (Wildman–Crippen MR) is 108 cm³/mol. The van der Waals surface area contributed by atoms with Crippen LogP contribution >= 0.6 is 0 Å². The van der Waals surface area contributed by atoms with Crippen LogP contribution in [0.25, 0.3) is 0 Å². The Morgan fingerprint density at radius 1 is 1.00 bits per heavy atom. The van der Waals surface area contributed by atoms with Crippen LogP contribution in [-0.2, 0) is 6.54 Å². The van der Waals surface area contributed by atoms with Crippen molar-refractivity contribution >= 4 is 5.91 Å². The smallest absolute Gasteiger partial charge is 0.254 e. The molecule has 1 aliphatic carbocycles. The van der Waals surface area contributed by atoms with Gasteiger partial charge in [0.15, 0.2) is 0 Å². The molecule has 0 heterocycles. The van der Waals surface area contributed by atoms with Gasteiger partial charge in [0.05, 0.1) is 0 Å². The minimum atomic E-state index is 0.166. The highest BCUT2D eigenvalue weighted by Gasteiger charge is 2.37. The van der Waals surface area contributed by atoms with Crippen LogP contribution in [0.2, 0.25) is 0 Å². The molecule has 3 rings (SSSR count). The number of rotatable bonds is 5. The fourth-order valence-corrected chi connectivity index (χ4v) is 4.38. The van der Waals surface area contributed by atoms with Crippen LogP contribution in [0.1, 0.15) is 56.0 Å². The topological polar surface area (TPSA) is 20.3 Å². The molecule has 1 saturated carbocycles. The molecule has 0 aliphatic heterocycles. The summed E-state index contributed by atoms with van der Waals surface area (Å²) >= 11 is 0. The van der Waals surface area contributed by atoms with Gasteiger partial charge in [-0.15, -0.1) is 0 Å². The maximum absolute atomic E-state index is 13.4. The van der Waals surface area contributed by atoms with Crippen LogP contribution in [0.15, 0.2) is 60.7 Å². The molecule has 0 N–H and O–H groups in total. The van der Waals surface area contributed by atoms with Crippen LogP contribution in [-0.4, -0.2) is 16.8 Å². The van der Waals surface area contributed by atoms with Crippen LogP contribution in [0.4, 0.5) is 0 Å². The Hall–Kier alpha value is -2.09. The molecule has 2 aromatic rings. The first kappa shape index (κ1) is 18.7. The maximum Gasteiger partial charge on any atom is 0.254 e. The van der Waals surface area contributed by atoms with Crippen molar-refractivity contribution in [3.8, 4) is 0 Å². The fraction of sp³-hybridized carbons (Fsp3) is 0.458. The van der Waals surface area contributed by atoms with Crippen molar-refractivity contribution in [3.05, 3.63) is 71.8 Å². The molecule has 0 spiro atoms. The van der Waals surface area contributed by atoms with Gasteiger partial charge < -0.3 is 4.90 Å². The Balaban J connectivity index is 1.94. The monoisotopic (exact) mass is 349 g/mol. The van der Waals surface area contributed by atoms with Crippen molar-refractivity contribution in [1.29, 1.82) is 0 Å². The molecule has 0 aromatic heterocycles. The second kappa shape index (κ2) is 8.53. The van der Waals surface area contributed by atoms with E-state index in [-0.39, 0.29) is 5.91 Å². The average Bonchev–Trinajstić information content (AvgIpc) is 2.67. The Labute approximate surface area is 158 Å². The van der Waals surface area contributed by atoms with Gasteiger partial charge in [0.2, 0.25) is 0 Å². The van der Waals surface area contributed by atoms with Gasteiger partial charge in [0.25, 0.3) is 5.91 Å². The second-order valence-electron chi connectivity index (χ2n) is 8.18. The molecule has 0 radical (unpaired) electrons. The number of amides is 1. The molecule has 26 heavy (non-hydrogen) atoms. The van der Waals surface area contributed by atoms with Crippen LogP contribution in [0.5, 0.6) is 0 Å². The lowest BCUT2D eigenvalue weighted by molar-refractivity contribution is 0.0366. The number of hydrogen-bond acceptors (Lipinski definition) is 1. The summed E-state index contributed by atoms with van der Waals surface area (Å²) in [5, 5.41) is 0. The number of benzene rings is 2. The first-order chi connectivity index (χ1) is 12.6. The molecule has 0 saturated heterocycles. The summed E-state index contributed by atoms with van der Waals surface area (Å²) in [6.45, 7) is 7.63. The van der Waals surface area contributed by atoms with Gasteiger partial charge >= 0.3 is 0 Å². The highest BCUT2D eigenvalue weighted by atomic mass is 16.2. The van der Waals surface area contributed by atoms with E-state index in [0.717, 1.165) is 12.0 Å². The highest BCUT2D eigenvalue weighted by molar-refractivity contribution is 5.94. The molecule has 2 nitrogen and oxygen atoms in total. The normalized spacial score (nSPS) is 23.0. The quantitative estimate of drug-likeness (QED) is 0.669. The summed E-state index contributed by atoms with van der Waals surface area (Å²) in [5.74, 6) is 2.01. The number of hydrogen-bond donors (Lipinski definition) is 0. The van der Waals surface area contributed by atoms with Gasteiger partial charge in [-0.25, -0.2) is 0 Å². The molecule has 2 heteroatoms. The summed E-state index contributed by atoms with van der Waals surface area (Å²) in [7, 11) is 0. The molecule has 3 unspecified atom stereocenters. The largest absolute Gasteiger partial charge is 0.331 e. The standard InChI is InChI=1S/C24H31NO/c1-18(2)22-15-14-19(3)16-23(22)25(17-20-10-6-4-7-11-20)24(26)21-12-8-5-9-13-21/h4-13,18-19,22-23H,14-17H2,1-3H3. The average molecular weight is 350 g/mol. The third kappa shape index (κ3) is 4.35. The Bertz CT molecular complexity index is 695. The summed E-state index contributed by atoms with van der Waals surface area (Å²) in [6.07, 6.45) is 3.60. The second-order valence-corrected chi connectivity index (χ2v) is 8.18. The molecular formula is C24H31NO. The van der Waals surface area contributed by atoms with Crippen molar-refractivity contribution in [1.82, 2.24) is 4.90 Å². The van der Waals surface area contributed by atoms with Crippen molar-refractivity contribution in [2.24, 2.45) is 17.8 Å². The van der Waals surface area contributed by atoms with E-state index in [1.165, 1.54) is 18.4 Å². The van der Waals surface area contributed by atoms with Crippen molar-refractivity contribution in [2.75, 3.05) is 0 Å². The zero-order valence-corrected chi connectivity index (χ0v) is 16.3. The number of carbonyl (C=O) groups excluding carboxylic acids is 1. The van der Waals surface area contributed by atoms with E-state index in [0.29, 0.717) is 30.3 Å². The van der Waals surface area contributed by atoms with Crippen molar-refractivity contribution < 1.29 is 4.79 Å². The third-order valence-corrected chi connectivity index (χ3v) is 5.86. The van der Waals surface area contributed by atoms with Crippen molar-refractivity contribution in [3.63, 3.8) is 0 Å². The van der Waals surface area contributed by atoms with E-state index in [2.05, 4.69) is 49.9 Å². The fourth-order valence-electron chi connectivity index (χ4n) is 4.38. The van der Waals surface area contributed by atoms with E-state index in [1.54, 1.807) is 0 Å². The van der Waals surface area contributed by atoms with E-state index in [4.69, 9.17) is 0 Å². The minimum absolute atomic E-state index is 0.166. The zero-order valence-electron chi connectivity index (χ0n) is 16.3. The lowest BCUT2D eigenvalue weighted by Crippen LogP contribution is -2.48. The maximum atomic E-state index is 13.4. The number of nitrogens with zero attached hydrogens (tertiary/aromatic N) is 1. The summed E-state index contributed by atoms with van der Waals surface area (Å²) < 4.78 is 0. The SMILES string of the molecule is CC1CCC(C(C)C)C(N(Cc2ccccc2)C(=O)c2ccccc2)C1. The minimum Gasteiger partial charge on any atom is -0.331 e. The van der Waals surface area contributed by atoms with E-state index in [1.807, 2.05) is 36.4 Å². The molecule has 1 amide bonds. The van der Waals surface area contributed by atoms with Gasteiger partial charge in [-0.05, 0) is 48.3 Å².